The van der Waals surface area contributed by atoms with Crippen LogP contribution in [0.2, 0.25) is 10.0 Å². The van der Waals surface area contributed by atoms with E-state index in [0.717, 1.165) is 48.0 Å². The number of rotatable bonds is 9. The number of nitrogens with one attached hydrogen (secondary N) is 3. The van der Waals surface area contributed by atoms with Crippen LogP contribution < -0.4 is 25.4 Å². The molecule has 0 unspecified atom stereocenters. The molecule has 1 amide bonds. The van der Waals surface area contributed by atoms with Crippen LogP contribution in [0, 0.1) is 6.92 Å². The first kappa shape index (κ1) is 30.4. The molecule has 224 valence electrons. The number of aromatic nitrogens is 2. The maximum Gasteiger partial charge on any atom is 0.247 e. The van der Waals surface area contributed by atoms with Crippen LogP contribution in [-0.2, 0) is 4.79 Å². The Bertz CT molecular complexity index is 1660. The zero-order valence-corrected chi connectivity index (χ0v) is 26.1. The molecule has 2 aromatic carbocycles. The van der Waals surface area contributed by atoms with Crippen molar-refractivity contribution in [2.24, 2.45) is 0 Å². The van der Waals surface area contributed by atoms with Gasteiger partial charge in [0.15, 0.2) is 0 Å². The lowest BCUT2D eigenvalue weighted by atomic mass is 10.0. The van der Waals surface area contributed by atoms with Crippen LogP contribution in [0.15, 0.2) is 55.3 Å². The lowest BCUT2D eigenvalue weighted by Crippen LogP contribution is -2.36. The number of halogens is 2. The summed E-state index contributed by atoms with van der Waals surface area (Å²) in [5, 5.41) is 12.3. The molecular formula is C32H34Cl2N6O3. The second kappa shape index (κ2) is 13.1. The van der Waals surface area contributed by atoms with Crippen molar-refractivity contribution in [3.05, 3.63) is 70.9 Å². The van der Waals surface area contributed by atoms with E-state index in [4.69, 9.17) is 42.6 Å². The second-order valence-electron chi connectivity index (χ2n) is 10.5. The number of fused-ring (bicyclic) bond motifs is 1. The predicted octanol–water partition coefficient (Wildman–Crippen LogP) is 7.30. The van der Waals surface area contributed by atoms with Crippen LogP contribution in [0.25, 0.3) is 22.0 Å². The van der Waals surface area contributed by atoms with E-state index in [9.17, 15) is 4.79 Å². The van der Waals surface area contributed by atoms with Gasteiger partial charge in [-0.15, -0.1) is 0 Å². The number of carbonyl (C=O) groups is 1. The van der Waals surface area contributed by atoms with Crippen molar-refractivity contribution in [3.8, 4) is 22.8 Å². The molecular weight excluding hydrogens is 587 g/mol. The largest absolute Gasteiger partial charge is 0.495 e. The van der Waals surface area contributed by atoms with Crippen molar-refractivity contribution >= 4 is 62.9 Å². The number of carbonyl (C=O) groups excluding carboxylic acids is 1. The summed E-state index contributed by atoms with van der Waals surface area (Å²) >= 11 is 13.6. The van der Waals surface area contributed by atoms with Crippen molar-refractivity contribution in [1.82, 2.24) is 14.9 Å². The van der Waals surface area contributed by atoms with Gasteiger partial charge in [0.25, 0.3) is 0 Å². The fourth-order valence-electron chi connectivity index (χ4n) is 5.16. The van der Waals surface area contributed by atoms with Gasteiger partial charge < -0.3 is 30.3 Å². The second-order valence-corrected chi connectivity index (χ2v) is 11.2. The number of nitrogens with zero attached hydrogens (tertiary/aromatic N) is 3. The van der Waals surface area contributed by atoms with E-state index in [0.29, 0.717) is 50.1 Å². The molecule has 9 nitrogen and oxygen atoms in total. The zero-order chi connectivity index (χ0) is 30.7. The topological polar surface area (TPSA) is 101 Å². The van der Waals surface area contributed by atoms with Gasteiger partial charge >= 0.3 is 0 Å². The Balaban J connectivity index is 1.63. The van der Waals surface area contributed by atoms with Gasteiger partial charge in [0.05, 0.1) is 41.3 Å². The molecule has 0 aliphatic carbocycles. The third kappa shape index (κ3) is 6.49. The maximum absolute atomic E-state index is 12.1. The van der Waals surface area contributed by atoms with Gasteiger partial charge in [0.2, 0.25) is 5.91 Å². The minimum absolute atomic E-state index is 0.231. The van der Waals surface area contributed by atoms with E-state index in [2.05, 4.69) is 34.5 Å². The van der Waals surface area contributed by atoms with Gasteiger partial charge in [0.1, 0.15) is 23.1 Å². The van der Waals surface area contributed by atoms with E-state index in [1.165, 1.54) is 6.08 Å². The molecule has 2 aromatic heterocycles. The number of hydrogen-bond acceptors (Lipinski definition) is 8. The van der Waals surface area contributed by atoms with Crippen molar-refractivity contribution in [1.29, 1.82) is 0 Å². The molecule has 11 heteroatoms. The minimum atomic E-state index is -0.298. The number of methoxy groups -OCH3 is 2. The average molecular weight is 622 g/mol. The molecule has 1 aliphatic heterocycles. The Kier molecular flexibility index (Phi) is 9.25. The summed E-state index contributed by atoms with van der Waals surface area (Å²) in [5.74, 6) is 1.84. The molecule has 4 aromatic rings. The van der Waals surface area contributed by atoms with Crippen LogP contribution in [0.4, 0.5) is 23.0 Å². The van der Waals surface area contributed by atoms with Crippen LogP contribution in [0.1, 0.15) is 18.4 Å². The van der Waals surface area contributed by atoms with Crippen molar-refractivity contribution in [2.45, 2.75) is 25.8 Å². The number of likely N-dealkylation sites (tertiary alicyclic amines) is 1. The summed E-state index contributed by atoms with van der Waals surface area (Å²) in [6.07, 6.45) is 4.97. The molecule has 0 atom stereocenters. The first-order chi connectivity index (χ1) is 20.7. The third-order valence-electron chi connectivity index (χ3n) is 7.57. The third-order valence-corrected chi connectivity index (χ3v) is 8.32. The van der Waals surface area contributed by atoms with Gasteiger partial charge in [-0.3, -0.25) is 4.79 Å². The summed E-state index contributed by atoms with van der Waals surface area (Å²) in [4.78, 5) is 24.2. The fraction of sp³-hybridized carbons (Fsp3) is 0.281. The van der Waals surface area contributed by atoms with Gasteiger partial charge in [-0.05, 0) is 69.7 Å². The molecule has 5 rings (SSSR count). The Morgan fingerprint density at radius 3 is 2.44 bits per heavy atom. The Morgan fingerprint density at radius 1 is 1.09 bits per heavy atom. The van der Waals surface area contributed by atoms with Gasteiger partial charge in [-0.2, -0.15) is 0 Å². The number of amides is 1. The normalized spacial score (nSPS) is 13.9. The molecule has 3 N–H and O–H groups in total. The van der Waals surface area contributed by atoms with E-state index < -0.39 is 0 Å². The number of aryl methyl sites for hydroxylation is 1. The smallest absolute Gasteiger partial charge is 0.247 e. The van der Waals surface area contributed by atoms with E-state index in [1.54, 1.807) is 26.5 Å². The Hall–Kier alpha value is -4.05. The molecule has 1 aliphatic rings. The summed E-state index contributed by atoms with van der Waals surface area (Å²) in [5.41, 5.74) is 3.38. The Labute approximate surface area is 261 Å². The molecule has 0 spiro atoms. The van der Waals surface area contributed by atoms with Gasteiger partial charge in [0, 0.05) is 34.6 Å². The van der Waals surface area contributed by atoms with Gasteiger partial charge in [-0.1, -0.05) is 41.9 Å². The molecule has 3 heterocycles. The Morgan fingerprint density at radius 2 is 1.79 bits per heavy atom. The SMILES string of the molecule is C=CC(=O)Nc1cccc(C)c1Nc1cc2c(NC3CCN(C)CC3)nc(-c3c(Cl)c(OC)cc(OC)c3Cl)cc2cn1. The highest BCUT2D eigenvalue weighted by atomic mass is 35.5. The predicted molar refractivity (Wildman–Crippen MR) is 176 cm³/mol. The van der Waals surface area contributed by atoms with E-state index in [1.807, 2.05) is 37.3 Å². The molecule has 43 heavy (non-hydrogen) atoms. The maximum atomic E-state index is 12.1. The van der Waals surface area contributed by atoms with Crippen LogP contribution in [0.3, 0.4) is 0 Å². The number of piperidine rings is 1. The molecule has 1 saturated heterocycles. The van der Waals surface area contributed by atoms with E-state index >= 15 is 0 Å². The van der Waals surface area contributed by atoms with Crippen molar-refractivity contribution in [3.63, 3.8) is 0 Å². The number of ether oxygens (including phenoxy) is 2. The highest BCUT2D eigenvalue weighted by Crippen LogP contribution is 2.46. The summed E-state index contributed by atoms with van der Waals surface area (Å²) in [6.45, 7) is 7.49. The van der Waals surface area contributed by atoms with Crippen molar-refractivity contribution in [2.75, 3.05) is 50.3 Å². The molecule has 0 saturated carbocycles. The molecule has 1 fully saturated rings. The lowest BCUT2D eigenvalue weighted by Gasteiger charge is -2.30. The molecule has 0 radical (unpaired) electrons. The number of para-hydroxylation sites is 1. The first-order valence-corrected chi connectivity index (χ1v) is 14.6. The van der Waals surface area contributed by atoms with Crippen LogP contribution in [0.5, 0.6) is 11.5 Å². The van der Waals surface area contributed by atoms with Gasteiger partial charge in [-0.25, -0.2) is 9.97 Å². The fourth-order valence-corrected chi connectivity index (χ4v) is 5.85. The average Bonchev–Trinajstić information content (AvgIpc) is 3.00. The summed E-state index contributed by atoms with van der Waals surface area (Å²) in [6, 6.07) is 11.4. The quantitative estimate of drug-likeness (QED) is 0.168. The standard InChI is InChI=1S/C32H34Cl2N6O3/c1-6-27(41)37-22-9-7-8-18(2)31(22)39-26-15-21-19(17-35-26)14-23(38-32(21)36-20-10-12-40(3)13-11-20)28-29(33)24(42-4)16-25(43-5)30(28)34/h6-9,14-17,20H,1,10-13H2,2-5H3,(H,35,39)(H,36,38)(H,37,41). The monoisotopic (exact) mass is 620 g/mol. The number of hydrogen-bond donors (Lipinski definition) is 3. The van der Waals surface area contributed by atoms with E-state index in [-0.39, 0.29) is 11.9 Å². The number of benzene rings is 2. The van der Waals surface area contributed by atoms with Crippen molar-refractivity contribution < 1.29 is 14.3 Å². The molecule has 0 bridgehead atoms. The minimum Gasteiger partial charge on any atom is -0.495 e. The lowest BCUT2D eigenvalue weighted by molar-refractivity contribution is -0.111. The number of anilines is 4. The summed E-state index contributed by atoms with van der Waals surface area (Å²) in [7, 11) is 5.21. The number of pyridine rings is 2. The van der Waals surface area contributed by atoms with Crippen LogP contribution in [-0.4, -0.2) is 61.2 Å². The highest BCUT2D eigenvalue weighted by Gasteiger charge is 2.23. The highest BCUT2D eigenvalue weighted by molar-refractivity contribution is 6.41. The first-order valence-electron chi connectivity index (χ1n) is 13.9. The zero-order valence-electron chi connectivity index (χ0n) is 24.6. The summed E-state index contributed by atoms with van der Waals surface area (Å²) < 4.78 is 11.0. The van der Waals surface area contributed by atoms with Crippen LogP contribution >= 0.6 is 23.2 Å².